The molecule has 0 spiro atoms. The number of hydrogen-bond acceptors (Lipinski definition) is 7. The molecule has 10 heteroatoms. The highest BCUT2D eigenvalue weighted by molar-refractivity contribution is 6.74. The second-order valence-electron chi connectivity index (χ2n) is 8.98. The van der Waals surface area contributed by atoms with Crippen molar-refractivity contribution < 1.29 is 23.7 Å². The zero-order valence-electron chi connectivity index (χ0n) is 19.3. The lowest BCUT2D eigenvalue weighted by Crippen LogP contribution is -2.43. The Balaban J connectivity index is 2.50. The number of nitro groups is 2. The van der Waals surface area contributed by atoms with Gasteiger partial charge in [-0.3, -0.25) is 20.2 Å². The number of hydrogen-bond donors (Lipinski definition) is 0. The summed E-state index contributed by atoms with van der Waals surface area (Å²) in [5.74, 6) is 0.0922. The van der Waals surface area contributed by atoms with Crippen LogP contribution in [0.25, 0.3) is 0 Å². The highest BCUT2D eigenvalue weighted by atomic mass is 28.4. The molecule has 32 heavy (non-hydrogen) atoms. The minimum atomic E-state index is -2.41. The molecule has 0 fully saturated rings. The third-order valence-corrected chi connectivity index (χ3v) is 10.1. The van der Waals surface area contributed by atoms with E-state index in [0.717, 1.165) is 5.56 Å². The van der Waals surface area contributed by atoms with Crippen LogP contribution < -0.4 is 9.47 Å². The van der Waals surface area contributed by atoms with E-state index in [1.165, 1.54) is 19.2 Å². The van der Waals surface area contributed by atoms with Crippen molar-refractivity contribution in [3.63, 3.8) is 0 Å². The van der Waals surface area contributed by atoms with Crippen LogP contribution in [0.3, 0.4) is 0 Å². The molecule has 0 bridgehead atoms. The quantitative estimate of drug-likeness (QED) is 0.259. The van der Waals surface area contributed by atoms with Gasteiger partial charge in [0, 0.05) is 11.0 Å². The number of rotatable bonds is 10. The van der Waals surface area contributed by atoms with Crippen LogP contribution in [0, 0.1) is 20.2 Å². The maximum atomic E-state index is 11.8. The standard InChI is InChI=1S/C22H30N2O7Si/c1-22(2,3)32(5,6)31-20(14-23(25)26)17-12-18(24(27)28)21(19(13-17)29-4)30-15-16-10-8-7-9-11-16/h7-13,20H,14-15H2,1-6H3. The zero-order chi connectivity index (χ0) is 24.1. The molecular weight excluding hydrogens is 432 g/mol. The molecule has 0 amide bonds. The highest BCUT2D eigenvalue weighted by Gasteiger charge is 2.41. The number of methoxy groups -OCH3 is 1. The molecule has 0 aliphatic heterocycles. The topological polar surface area (TPSA) is 114 Å². The zero-order valence-corrected chi connectivity index (χ0v) is 20.3. The van der Waals surface area contributed by atoms with E-state index in [2.05, 4.69) is 0 Å². The smallest absolute Gasteiger partial charge is 0.315 e. The fourth-order valence-electron chi connectivity index (χ4n) is 2.83. The molecule has 0 aromatic heterocycles. The summed E-state index contributed by atoms with van der Waals surface area (Å²) >= 11 is 0. The van der Waals surface area contributed by atoms with Gasteiger partial charge in [-0.25, -0.2) is 0 Å². The van der Waals surface area contributed by atoms with Crippen molar-refractivity contribution in [1.82, 2.24) is 0 Å². The second-order valence-corrected chi connectivity index (χ2v) is 13.7. The molecule has 0 radical (unpaired) electrons. The Morgan fingerprint density at radius 3 is 2.19 bits per heavy atom. The molecule has 0 aliphatic carbocycles. The summed E-state index contributed by atoms with van der Waals surface area (Å²) in [4.78, 5) is 22.2. The lowest BCUT2D eigenvalue weighted by atomic mass is 10.1. The van der Waals surface area contributed by atoms with Crippen molar-refractivity contribution in [1.29, 1.82) is 0 Å². The lowest BCUT2D eigenvalue weighted by molar-refractivity contribution is -0.490. The van der Waals surface area contributed by atoms with Crippen molar-refractivity contribution in [2.75, 3.05) is 13.7 Å². The van der Waals surface area contributed by atoms with Crippen molar-refractivity contribution >= 4 is 14.0 Å². The number of nitro benzene ring substituents is 1. The average molecular weight is 463 g/mol. The van der Waals surface area contributed by atoms with Gasteiger partial charge in [0.2, 0.25) is 12.3 Å². The SMILES string of the molecule is COc1cc(C(C[N+](=O)[O-])O[Si](C)(C)C(C)(C)C)cc([N+](=O)[O-])c1OCc1ccccc1. The molecule has 2 rings (SSSR count). The summed E-state index contributed by atoms with van der Waals surface area (Å²) in [5.41, 5.74) is 0.810. The van der Waals surface area contributed by atoms with Crippen molar-refractivity contribution in [3.05, 3.63) is 73.8 Å². The van der Waals surface area contributed by atoms with Gasteiger partial charge >= 0.3 is 5.69 Å². The summed E-state index contributed by atoms with van der Waals surface area (Å²) in [6.07, 6.45) is -0.957. The predicted molar refractivity (Wildman–Crippen MR) is 123 cm³/mol. The molecular formula is C22H30N2O7Si. The molecule has 9 nitrogen and oxygen atoms in total. The molecule has 0 N–H and O–H groups in total. The molecule has 1 unspecified atom stereocenters. The molecule has 174 valence electrons. The van der Waals surface area contributed by atoms with Gasteiger partial charge in [-0.1, -0.05) is 51.1 Å². The summed E-state index contributed by atoms with van der Waals surface area (Å²) in [5, 5.41) is 23.0. The Hall–Kier alpha value is -2.98. The first-order valence-electron chi connectivity index (χ1n) is 10.2. The minimum absolute atomic E-state index is 0.0303. The second kappa shape index (κ2) is 10.1. The fourth-order valence-corrected chi connectivity index (χ4v) is 4.11. The Morgan fingerprint density at radius 2 is 1.69 bits per heavy atom. The maximum Gasteiger partial charge on any atom is 0.315 e. The third-order valence-electron chi connectivity index (χ3n) is 5.63. The van der Waals surface area contributed by atoms with Crippen LogP contribution in [0.15, 0.2) is 42.5 Å². The van der Waals surface area contributed by atoms with Crippen LogP contribution in [-0.4, -0.2) is 31.8 Å². The highest BCUT2D eigenvalue weighted by Crippen LogP contribution is 2.44. The van der Waals surface area contributed by atoms with E-state index in [1.54, 1.807) is 0 Å². The molecule has 2 aromatic carbocycles. The molecule has 2 aromatic rings. The van der Waals surface area contributed by atoms with Crippen molar-refractivity contribution in [2.24, 2.45) is 0 Å². The van der Waals surface area contributed by atoms with Gasteiger partial charge in [0.05, 0.1) is 12.0 Å². The van der Waals surface area contributed by atoms with Gasteiger partial charge in [0.15, 0.2) is 14.1 Å². The van der Waals surface area contributed by atoms with Crippen molar-refractivity contribution in [2.45, 2.75) is 51.6 Å². The molecule has 0 saturated carbocycles. The van der Waals surface area contributed by atoms with Gasteiger partial charge < -0.3 is 13.9 Å². The maximum absolute atomic E-state index is 11.8. The first kappa shape index (κ1) is 25.3. The van der Waals surface area contributed by atoms with E-state index in [9.17, 15) is 20.2 Å². The first-order valence-corrected chi connectivity index (χ1v) is 13.1. The van der Waals surface area contributed by atoms with Crippen LogP contribution in [0.4, 0.5) is 5.69 Å². The van der Waals surface area contributed by atoms with E-state index in [1.807, 2.05) is 64.2 Å². The summed E-state index contributed by atoms with van der Waals surface area (Å²) in [6, 6.07) is 12.0. The fraction of sp³-hybridized carbons (Fsp3) is 0.455. The van der Waals surface area contributed by atoms with Gasteiger partial charge in [-0.2, -0.15) is 0 Å². The van der Waals surface area contributed by atoms with Crippen LogP contribution in [0.5, 0.6) is 11.5 Å². The Kier molecular flexibility index (Phi) is 7.97. The van der Waals surface area contributed by atoms with Gasteiger partial charge in [-0.05, 0) is 35.3 Å². The monoisotopic (exact) mass is 462 g/mol. The van der Waals surface area contributed by atoms with Gasteiger partial charge in [-0.15, -0.1) is 0 Å². The number of ether oxygens (including phenoxy) is 2. The van der Waals surface area contributed by atoms with E-state index >= 15 is 0 Å². The lowest BCUT2D eigenvalue weighted by Gasteiger charge is -2.38. The largest absolute Gasteiger partial charge is 0.493 e. The van der Waals surface area contributed by atoms with E-state index in [4.69, 9.17) is 13.9 Å². The number of nitrogens with zero attached hydrogens (tertiary/aromatic N) is 2. The third kappa shape index (κ3) is 6.27. The summed E-state index contributed by atoms with van der Waals surface area (Å²) < 4.78 is 17.4. The van der Waals surface area contributed by atoms with Crippen LogP contribution in [0.1, 0.15) is 38.0 Å². The summed E-state index contributed by atoms with van der Waals surface area (Å²) in [6.45, 7) is 9.60. The Morgan fingerprint density at radius 1 is 1.06 bits per heavy atom. The average Bonchev–Trinajstić information content (AvgIpc) is 2.70. The molecule has 0 heterocycles. The summed E-state index contributed by atoms with van der Waals surface area (Å²) in [7, 11) is -1.04. The predicted octanol–water partition coefficient (Wildman–Crippen LogP) is 5.52. The van der Waals surface area contributed by atoms with Crippen LogP contribution in [0.2, 0.25) is 18.1 Å². The van der Waals surface area contributed by atoms with Gasteiger partial charge in [0.25, 0.3) is 0 Å². The van der Waals surface area contributed by atoms with E-state index in [0.29, 0.717) is 5.56 Å². The Bertz CT molecular complexity index is 959. The molecule has 0 aliphatic rings. The first-order chi connectivity index (χ1) is 14.9. The molecule has 1 atom stereocenters. The van der Waals surface area contributed by atoms with Crippen molar-refractivity contribution in [3.8, 4) is 11.5 Å². The molecule has 0 saturated heterocycles. The van der Waals surface area contributed by atoms with Crippen LogP contribution >= 0.6 is 0 Å². The normalized spacial score (nSPS) is 12.8. The van der Waals surface area contributed by atoms with Gasteiger partial charge in [0.1, 0.15) is 12.7 Å². The van der Waals surface area contributed by atoms with E-state index in [-0.39, 0.29) is 28.8 Å². The minimum Gasteiger partial charge on any atom is -0.493 e. The van der Waals surface area contributed by atoms with E-state index < -0.39 is 30.8 Å². The Labute approximate surface area is 188 Å². The van der Waals surface area contributed by atoms with Crippen LogP contribution in [-0.2, 0) is 11.0 Å². The number of benzene rings is 2.